The molecule has 0 saturated carbocycles. The van der Waals surface area contributed by atoms with Gasteiger partial charge in [0.05, 0.1) is 28.0 Å². The van der Waals surface area contributed by atoms with Gasteiger partial charge >= 0.3 is 5.69 Å². The number of hydrogen-bond acceptors (Lipinski definition) is 7. The molecule has 3 aromatic heterocycles. The van der Waals surface area contributed by atoms with Crippen LogP contribution in [0.2, 0.25) is 0 Å². The Bertz CT molecular complexity index is 1710. The van der Waals surface area contributed by atoms with E-state index in [4.69, 9.17) is 0 Å². The molecule has 0 spiro atoms. The monoisotopic (exact) mass is 533 g/mol. The fourth-order valence-corrected chi connectivity index (χ4v) is 4.99. The van der Waals surface area contributed by atoms with Gasteiger partial charge in [0.1, 0.15) is 11.9 Å². The Hall–Kier alpha value is -4.30. The van der Waals surface area contributed by atoms with Crippen LogP contribution in [0.5, 0.6) is 0 Å². The van der Waals surface area contributed by atoms with Crippen molar-refractivity contribution in [1.29, 1.82) is 5.26 Å². The number of halogens is 3. The first kappa shape index (κ1) is 26.3. The number of anilines is 1. The Morgan fingerprint density at radius 2 is 1.92 bits per heavy atom. The Morgan fingerprint density at radius 1 is 1.15 bits per heavy atom. The van der Waals surface area contributed by atoms with Crippen molar-refractivity contribution in [2.75, 3.05) is 24.5 Å². The predicted octanol–water partition coefficient (Wildman–Crippen LogP) is 4.36. The van der Waals surface area contributed by atoms with E-state index < -0.39 is 28.7 Å². The second-order valence-electron chi connectivity index (χ2n) is 9.91. The molecule has 4 aromatic rings. The Balaban J connectivity index is 1.94. The van der Waals surface area contributed by atoms with E-state index in [1.54, 1.807) is 12.3 Å². The molecular weight excluding hydrogens is 507 g/mol. The number of pyridine rings is 2. The third-order valence-electron chi connectivity index (χ3n) is 6.96. The molecule has 0 bridgehead atoms. The van der Waals surface area contributed by atoms with Crippen molar-refractivity contribution in [3.63, 3.8) is 0 Å². The molecule has 1 aliphatic rings. The van der Waals surface area contributed by atoms with Gasteiger partial charge in [0.25, 0.3) is 0 Å². The summed E-state index contributed by atoms with van der Waals surface area (Å²) >= 11 is 0. The molecule has 11 heteroatoms. The standard InChI is InChI=1S/C28H26F3N7O/c1-14(2)23-25(15(3)7-8-34-23)38-27-19(26(36-28(38)39)37-10-9-33-13-16(37)4)11-17(12-32)24(35-27)18-5-6-20(29)22(31)21(18)30/h5-8,11,14,16,33H,9-10,13H2,1-4H3/t16-/m0/s1. The number of rotatable bonds is 4. The summed E-state index contributed by atoms with van der Waals surface area (Å²) in [5.74, 6) is -4.24. The average Bonchev–Trinajstić information content (AvgIpc) is 2.91. The van der Waals surface area contributed by atoms with Gasteiger partial charge in [-0.3, -0.25) is 4.98 Å². The van der Waals surface area contributed by atoms with Gasteiger partial charge in [-0.05, 0) is 49.6 Å². The van der Waals surface area contributed by atoms with E-state index in [0.29, 0.717) is 42.2 Å². The summed E-state index contributed by atoms with van der Waals surface area (Å²) in [4.78, 5) is 29.3. The summed E-state index contributed by atoms with van der Waals surface area (Å²) in [7, 11) is 0. The molecule has 1 aliphatic heterocycles. The van der Waals surface area contributed by atoms with E-state index in [1.807, 2.05) is 38.7 Å². The number of hydrogen-bond donors (Lipinski definition) is 1. The largest absolute Gasteiger partial charge is 0.355 e. The highest BCUT2D eigenvalue weighted by Gasteiger charge is 2.28. The molecule has 1 aromatic carbocycles. The van der Waals surface area contributed by atoms with E-state index in [9.17, 15) is 23.2 Å². The Morgan fingerprint density at radius 3 is 2.62 bits per heavy atom. The van der Waals surface area contributed by atoms with E-state index in [0.717, 1.165) is 17.7 Å². The number of nitrogens with zero attached hydrogens (tertiary/aromatic N) is 6. The van der Waals surface area contributed by atoms with Crippen LogP contribution < -0.4 is 15.9 Å². The number of aromatic nitrogens is 4. The molecule has 1 atom stereocenters. The van der Waals surface area contributed by atoms with Crippen LogP contribution in [0.25, 0.3) is 28.0 Å². The van der Waals surface area contributed by atoms with E-state index in [1.165, 1.54) is 10.6 Å². The third kappa shape index (κ3) is 4.40. The SMILES string of the molecule is Cc1ccnc(C(C)C)c1-n1c(=O)nc(N2CCNC[C@@H]2C)c2cc(C#N)c(-c3ccc(F)c(F)c3F)nc21. The molecule has 0 amide bonds. The number of nitrogens with one attached hydrogen (secondary N) is 1. The number of nitriles is 1. The zero-order valence-corrected chi connectivity index (χ0v) is 21.9. The maximum Gasteiger partial charge on any atom is 0.355 e. The van der Waals surface area contributed by atoms with Crippen molar-refractivity contribution in [2.24, 2.45) is 0 Å². The van der Waals surface area contributed by atoms with E-state index in [-0.39, 0.29) is 28.9 Å². The predicted molar refractivity (Wildman–Crippen MR) is 141 cm³/mol. The normalized spacial score (nSPS) is 15.7. The van der Waals surface area contributed by atoms with Crippen molar-refractivity contribution in [1.82, 2.24) is 24.8 Å². The van der Waals surface area contributed by atoms with Crippen LogP contribution in [0, 0.1) is 35.7 Å². The zero-order valence-electron chi connectivity index (χ0n) is 21.9. The fourth-order valence-electron chi connectivity index (χ4n) is 4.99. The molecule has 39 heavy (non-hydrogen) atoms. The van der Waals surface area contributed by atoms with Crippen LogP contribution in [-0.2, 0) is 0 Å². The summed E-state index contributed by atoms with van der Waals surface area (Å²) in [6.45, 7) is 9.55. The van der Waals surface area contributed by atoms with Gasteiger partial charge in [-0.2, -0.15) is 10.2 Å². The third-order valence-corrected chi connectivity index (χ3v) is 6.96. The number of benzene rings is 1. The lowest BCUT2D eigenvalue weighted by Crippen LogP contribution is -2.50. The van der Waals surface area contributed by atoms with E-state index >= 15 is 0 Å². The van der Waals surface area contributed by atoms with Gasteiger partial charge in [0, 0.05) is 37.4 Å². The Labute approximate surface area is 222 Å². The average molecular weight is 534 g/mol. The molecule has 0 unspecified atom stereocenters. The highest BCUT2D eigenvalue weighted by molar-refractivity contribution is 5.92. The van der Waals surface area contributed by atoms with Crippen molar-refractivity contribution in [2.45, 2.75) is 39.7 Å². The van der Waals surface area contributed by atoms with Crippen molar-refractivity contribution in [3.8, 4) is 23.0 Å². The minimum Gasteiger partial charge on any atom is -0.351 e. The van der Waals surface area contributed by atoms with Gasteiger partial charge in [0.15, 0.2) is 23.1 Å². The first-order valence-corrected chi connectivity index (χ1v) is 12.6. The molecule has 8 nitrogen and oxygen atoms in total. The minimum atomic E-state index is -1.68. The van der Waals surface area contributed by atoms with Crippen LogP contribution in [0.1, 0.15) is 43.5 Å². The summed E-state index contributed by atoms with van der Waals surface area (Å²) in [5.41, 5.74) is 0.616. The van der Waals surface area contributed by atoms with Crippen molar-refractivity contribution in [3.05, 3.63) is 75.2 Å². The quantitative estimate of drug-likeness (QED) is 0.389. The van der Waals surface area contributed by atoms with Crippen LogP contribution >= 0.6 is 0 Å². The van der Waals surface area contributed by atoms with Crippen LogP contribution in [0.15, 0.2) is 35.3 Å². The lowest BCUT2D eigenvalue weighted by molar-refractivity contribution is 0.449. The summed E-state index contributed by atoms with van der Waals surface area (Å²) in [5, 5.41) is 13.7. The molecular formula is C28H26F3N7O. The molecule has 1 fully saturated rings. The summed E-state index contributed by atoms with van der Waals surface area (Å²) in [6, 6.07) is 7.01. The van der Waals surface area contributed by atoms with Crippen LogP contribution in [0.4, 0.5) is 19.0 Å². The van der Waals surface area contributed by atoms with Gasteiger partial charge in [-0.15, -0.1) is 0 Å². The lowest BCUT2D eigenvalue weighted by atomic mass is 10.0. The number of fused-ring (bicyclic) bond motifs is 1. The molecule has 1 saturated heterocycles. The van der Waals surface area contributed by atoms with Crippen molar-refractivity contribution < 1.29 is 13.2 Å². The molecule has 1 N–H and O–H groups in total. The Kier molecular flexibility index (Phi) is 6.82. The molecule has 0 radical (unpaired) electrons. The molecule has 4 heterocycles. The second-order valence-corrected chi connectivity index (χ2v) is 9.91. The van der Waals surface area contributed by atoms with Gasteiger partial charge in [-0.1, -0.05) is 13.8 Å². The smallest absolute Gasteiger partial charge is 0.351 e. The molecule has 0 aliphatic carbocycles. The number of piperazine rings is 1. The summed E-state index contributed by atoms with van der Waals surface area (Å²) < 4.78 is 44.2. The molecule has 5 rings (SSSR count). The van der Waals surface area contributed by atoms with Crippen LogP contribution in [-0.4, -0.2) is 45.2 Å². The summed E-state index contributed by atoms with van der Waals surface area (Å²) in [6.07, 6.45) is 1.65. The zero-order chi connectivity index (χ0) is 28.0. The molecule has 200 valence electrons. The first-order valence-electron chi connectivity index (χ1n) is 12.6. The maximum atomic E-state index is 15.0. The highest BCUT2D eigenvalue weighted by Crippen LogP contribution is 2.34. The minimum absolute atomic E-state index is 0.0232. The number of aryl methyl sites for hydroxylation is 1. The highest BCUT2D eigenvalue weighted by atomic mass is 19.2. The first-order chi connectivity index (χ1) is 18.6. The van der Waals surface area contributed by atoms with Gasteiger partial charge in [-0.25, -0.2) is 27.5 Å². The van der Waals surface area contributed by atoms with Crippen LogP contribution in [0.3, 0.4) is 0 Å². The topological polar surface area (TPSA) is 99.7 Å². The lowest BCUT2D eigenvalue weighted by Gasteiger charge is -2.35. The fraction of sp³-hybridized carbons (Fsp3) is 0.321. The maximum absolute atomic E-state index is 15.0. The second kappa shape index (κ2) is 10.1. The van der Waals surface area contributed by atoms with Crippen molar-refractivity contribution >= 4 is 16.9 Å². The van der Waals surface area contributed by atoms with E-state index in [2.05, 4.69) is 20.3 Å². The van der Waals surface area contributed by atoms with Gasteiger partial charge < -0.3 is 10.2 Å². The van der Waals surface area contributed by atoms with Gasteiger partial charge in [0.2, 0.25) is 0 Å².